The number of amides is 2. The summed E-state index contributed by atoms with van der Waals surface area (Å²) in [6.07, 6.45) is -0.717. The molecule has 0 saturated carbocycles. The van der Waals surface area contributed by atoms with Crippen molar-refractivity contribution in [2.45, 2.75) is 18.5 Å². The standard InChI is InChI=1S/C20H18N2O5/c1-3-27-19(25)22-16(17(23)26-2)20(22)14-11-7-8-12-15(14)21(18(20)24)13-9-5-4-6-10-13/h4-12,16H,3H2,1-2H3. The predicted octanol–water partition coefficient (Wildman–Crippen LogP) is 2.57. The van der Waals surface area contributed by atoms with Crippen LogP contribution in [0.15, 0.2) is 54.6 Å². The first-order valence-electron chi connectivity index (χ1n) is 8.62. The molecular formula is C20H18N2O5. The van der Waals surface area contributed by atoms with E-state index in [1.54, 1.807) is 37.3 Å². The molecule has 0 N–H and O–H groups in total. The average Bonchev–Trinajstić information content (AvgIpc) is 3.33. The van der Waals surface area contributed by atoms with Gasteiger partial charge in [0.15, 0.2) is 11.6 Å². The fourth-order valence-corrected chi connectivity index (χ4v) is 3.84. The molecular weight excluding hydrogens is 348 g/mol. The van der Waals surface area contributed by atoms with Gasteiger partial charge in [0, 0.05) is 11.3 Å². The fraction of sp³-hybridized carbons (Fsp3) is 0.250. The molecule has 2 aromatic rings. The van der Waals surface area contributed by atoms with E-state index in [2.05, 4.69) is 0 Å². The molecule has 2 aliphatic heterocycles. The number of nitrogens with zero attached hydrogens (tertiary/aromatic N) is 2. The first-order valence-corrected chi connectivity index (χ1v) is 8.62. The Labute approximate surface area is 156 Å². The summed E-state index contributed by atoms with van der Waals surface area (Å²) < 4.78 is 9.95. The summed E-state index contributed by atoms with van der Waals surface area (Å²) in [6.45, 7) is 1.81. The van der Waals surface area contributed by atoms with E-state index in [9.17, 15) is 14.4 Å². The topological polar surface area (TPSA) is 75.9 Å². The maximum Gasteiger partial charge on any atom is 0.411 e. The number of hydrogen-bond donors (Lipinski definition) is 0. The third kappa shape index (κ3) is 2.17. The molecule has 0 aliphatic carbocycles. The van der Waals surface area contributed by atoms with Gasteiger partial charge in [-0.1, -0.05) is 36.4 Å². The van der Waals surface area contributed by atoms with Gasteiger partial charge in [-0.15, -0.1) is 0 Å². The summed E-state index contributed by atoms with van der Waals surface area (Å²) in [5.74, 6) is -1.03. The van der Waals surface area contributed by atoms with E-state index in [0.717, 1.165) is 0 Å². The summed E-state index contributed by atoms with van der Waals surface area (Å²) in [7, 11) is 1.23. The fourth-order valence-electron chi connectivity index (χ4n) is 3.84. The zero-order valence-corrected chi connectivity index (χ0v) is 14.9. The molecule has 2 heterocycles. The Kier molecular flexibility index (Phi) is 3.87. The first-order chi connectivity index (χ1) is 13.1. The number of rotatable bonds is 3. The highest BCUT2D eigenvalue weighted by molar-refractivity contribution is 6.20. The highest BCUT2D eigenvalue weighted by Gasteiger charge is 2.80. The first kappa shape index (κ1) is 17.1. The molecule has 0 aromatic heterocycles. The molecule has 138 valence electrons. The molecule has 2 aromatic carbocycles. The molecule has 0 radical (unpaired) electrons. The number of methoxy groups -OCH3 is 1. The Morgan fingerprint density at radius 2 is 1.74 bits per heavy atom. The van der Waals surface area contributed by atoms with Crippen LogP contribution in [-0.4, -0.2) is 42.6 Å². The van der Waals surface area contributed by atoms with Crippen molar-refractivity contribution in [3.8, 4) is 0 Å². The SMILES string of the molecule is CCOC(=O)N1C(C(=O)OC)C12C(=O)N(c1ccccc1)c1ccccc12. The van der Waals surface area contributed by atoms with Crippen LogP contribution in [0.1, 0.15) is 12.5 Å². The molecule has 4 rings (SSSR count). The largest absolute Gasteiger partial charge is 0.467 e. The second-order valence-corrected chi connectivity index (χ2v) is 6.25. The molecule has 7 heteroatoms. The minimum Gasteiger partial charge on any atom is -0.467 e. The minimum atomic E-state index is -1.44. The van der Waals surface area contributed by atoms with Crippen LogP contribution in [0, 0.1) is 0 Å². The molecule has 1 saturated heterocycles. The van der Waals surface area contributed by atoms with E-state index in [1.165, 1.54) is 16.9 Å². The van der Waals surface area contributed by atoms with Crippen LogP contribution >= 0.6 is 0 Å². The number of benzene rings is 2. The summed E-state index contributed by atoms with van der Waals surface area (Å²) in [4.78, 5) is 41.2. The molecule has 2 atom stereocenters. The number of carbonyl (C=O) groups is 3. The van der Waals surface area contributed by atoms with Crippen LogP contribution in [0.4, 0.5) is 16.2 Å². The van der Waals surface area contributed by atoms with Crippen molar-refractivity contribution in [2.75, 3.05) is 18.6 Å². The van der Waals surface area contributed by atoms with E-state index >= 15 is 0 Å². The van der Waals surface area contributed by atoms with Crippen LogP contribution in [0.3, 0.4) is 0 Å². The lowest BCUT2D eigenvalue weighted by Gasteiger charge is -2.17. The van der Waals surface area contributed by atoms with Crippen LogP contribution in [0.5, 0.6) is 0 Å². The van der Waals surface area contributed by atoms with Crippen molar-refractivity contribution in [3.63, 3.8) is 0 Å². The highest BCUT2D eigenvalue weighted by atomic mass is 16.6. The third-order valence-corrected chi connectivity index (χ3v) is 4.95. The van der Waals surface area contributed by atoms with Crippen molar-refractivity contribution in [2.24, 2.45) is 0 Å². The third-order valence-electron chi connectivity index (χ3n) is 4.95. The maximum atomic E-state index is 13.6. The molecule has 7 nitrogen and oxygen atoms in total. The molecule has 2 amide bonds. The van der Waals surface area contributed by atoms with Crippen molar-refractivity contribution in [3.05, 3.63) is 60.2 Å². The molecule has 2 unspecified atom stereocenters. The van der Waals surface area contributed by atoms with Crippen LogP contribution in [-0.2, 0) is 24.6 Å². The monoisotopic (exact) mass is 366 g/mol. The van der Waals surface area contributed by atoms with E-state index in [1.807, 2.05) is 24.3 Å². The smallest absolute Gasteiger partial charge is 0.411 e. The van der Waals surface area contributed by atoms with Gasteiger partial charge in [-0.2, -0.15) is 0 Å². The summed E-state index contributed by atoms with van der Waals surface area (Å²) >= 11 is 0. The van der Waals surface area contributed by atoms with Crippen LogP contribution in [0.25, 0.3) is 0 Å². The Balaban J connectivity index is 1.89. The van der Waals surface area contributed by atoms with Crippen molar-refractivity contribution in [1.82, 2.24) is 4.90 Å². The van der Waals surface area contributed by atoms with Gasteiger partial charge >= 0.3 is 12.1 Å². The van der Waals surface area contributed by atoms with Crippen molar-refractivity contribution < 1.29 is 23.9 Å². The lowest BCUT2D eigenvalue weighted by Crippen LogP contribution is -2.34. The number of carbonyl (C=O) groups excluding carboxylic acids is 3. The Hall–Kier alpha value is -3.35. The lowest BCUT2D eigenvalue weighted by atomic mass is 9.96. The number of ether oxygens (including phenoxy) is 2. The summed E-state index contributed by atoms with van der Waals surface area (Å²) in [5, 5.41) is 0. The average molecular weight is 366 g/mol. The number of esters is 1. The Bertz CT molecular complexity index is 929. The van der Waals surface area contributed by atoms with Crippen molar-refractivity contribution >= 4 is 29.3 Å². The second kappa shape index (κ2) is 6.12. The van der Waals surface area contributed by atoms with E-state index < -0.39 is 23.6 Å². The maximum absolute atomic E-state index is 13.6. The quantitative estimate of drug-likeness (QED) is 0.616. The number of anilines is 2. The van der Waals surface area contributed by atoms with Gasteiger partial charge in [0.1, 0.15) is 0 Å². The molecule has 2 aliphatic rings. The van der Waals surface area contributed by atoms with Gasteiger partial charge in [-0.05, 0) is 25.1 Å². The van der Waals surface area contributed by atoms with Crippen molar-refractivity contribution in [1.29, 1.82) is 0 Å². The van der Waals surface area contributed by atoms with Crippen LogP contribution < -0.4 is 4.90 Å². The minimum absolute atomic E-state index is 0.136. The number of para-hydroxylation sites is 2. The highest BCUT2D eigenvalue weighted by Crippen LogP contribution is 2.60. The predicted molar refractivity (Wildman–Crippen MR) is 96.4 cm³/mol. The Morgan fingerprint density at radius 3 is 2.41 bits per heavy atom. The van der Waals surface area contributed by atoms with E-state index in [-0.39, 0.29) is 12.5 Å². The zero-order chi connectivity index (χ0) is 19.2. The van der Waals surface area contributed by atoms with Gasteiger partial charge in [-0.25, -0.2) is 9.59 Å². The molecule has 1 fully saturated rings. The van der Waals surface area contributed by atoms with Gasteiger partial charge < -0.3 is 9.47 Å². The Morgan fingerprint density at radius 1 is 1.07 bits per heavy atom. The van der Waals surface area contributed by atoms with E-state index in [4.69, 9.17) is 9.47 Å². The summed E-state index contributed by atoms with van der Waals surface area (Å²) in [6, 6.07) is 15.2. The van der Waals surface area contributed by atoms with Gasteiger partial charge in [0.05, 0.1) is 19.4 Å². The normalized spacial score (nSPS) is 22.6. The second-order valence-electron chi connectivity index (χ2n) is 6.25. The lowest BCUT2D eigenvalue weighted by molar-refractivity contribution is -0.141. The van der Waals surface area contributed by atoms with E-state index in [0.29, 0.717) is 16.9 Å². The number of hydrogen-bond acceptors (Lipinski definition) is 5. The van der Waals surface area contributed by atoms with Gasteiger partial charge in [0.25, 0.3) is 5.91 Å². The molecule has 27 heavy (non-hydrogen) atoms. The molecule has 0 bridgehead atoms. The van der Waals surface area contributed by atoms with Crippen LogP contribution in [0.2, 0.25) is 0 Å². The molecule has 1 spiro atoms. The van der Waals surface area contributed by atoms with Gasteiger partial charge in [0.2, 0.25) is 0 Å². The zero-order valence-electron chi connectivity index (χ0n) is 14.9. The van der Waals surface area contributed by atoms with Gasteiger partial charge in [-0.3, -0.25) is 14.6 Å². The number of fused-ring (bicyclic) bond motifs is 2. The summed E-state index contributed by atoms with van der Waals surface area (Å²) in [5.41, 5.74) is 0.439.